The van der Waals surface area contributed by atoms with Gasteiger partial charge in [0.25, 0.3) is 0 Å². The van der Waals surface area contributed by atoms with Crippen LogP contribution in [-0.4, -0.2) is 24.5 Å². The number of aliphatic imine (C=N–C) groups is 1. The number of benzene rings is 2. The second-order valence-electron chi connectivity index (χ2n) is 6.20. The molecule has 1 heterocycles. The summed E-state index contributed by atoms with van der Waals surface area (Å²) in [5, 5.41) is 7.28. The lowest BCUT2D eigenvalue weighted by Gasteiger charge is -2.12. The smallest absolute Gasteiger partial charge is 0.226 e. The van der Waals surface area contributed by atoms with Crippen molar-refractivity contribution in [3.05, 3.63) is 76.6 Å². The van der Waals surface area contributed by atoms with E-state index in [2.05, 4.69) is 39.7 Å². The summed E-state index contributed by atoms with van der Waals surface area (Å²) < 4.78 is 5.59. The fourth-order valence-electron chi connectivity index (χ4n) is 2.60. The molecule has 0 aliphatic rings. The number of oxazole rings is 1. The molecular formula is C21H24ClIN4O. The van der Waals surface area contributed by atoms with Gasteiger partial charge in [0, 0.05) is 37.1 Å². The van der Waals surface area contributed by atoms with Gasteiger partial charge in [0.15, 0.2) is 5.96 Å². The first-order valence-electron chi connectivity index (χ1n) is 8.85. The van der Waals surface area contributed by atoms with Crippen molar-refractivity contribution in [3.8, 4) is 11.5 Å². The highest BCUT2D eigenvalue weighted by molar-refractivity contribution is 14.0. The largest absolute Gasteiger partial charge is 0.444 e. The van der Waals surface area contributed by atoms with E-state index < -0.39 is 0 Å². The quantitative estimate of drug-likeness (QED) is 0.283. The molecule has 0 aliphatic carbocycles. The van der Waals surface area contributed by atoms with Crippen molar-refractivity contribution in [1.29, 1.82) is 0 Å². The Morgan fingerprint density at radius 1 is 1.11 bits per heavy atom. The van der Waals surface area contributed by atoms with E-state index >= 15 is 0 Å². The standard InChI is InChI=1S/C21H23ClN4O.HI/c1-15-7-9-16(10-8-15)20-26-18(14-27-20)11-12-24-21(23-2)25-13-17-5-3-4-6-19(17)22;/h3-10,14H,11-13H2,1-2H3,(H2,23,24,25);1H. The number of aromatic nitrogens is 1. The molecule has 0 aliphatic heterocycles. The molecule has 0 unspecified atom stereocenters. The number of rotatable bonds is 6. The zero-order valence-corrected chi connectivity index (χ0v) is 19.0. The normalized spacial score (nSPS) is 11.0. The number of hydrogen-bond acceptors (Lipinski definition) is 3. The minimum Gasteiger partial charge on any atom is -0.444 e. The Morgan fingerprint density at radius 2 is 1.86 bits per heavy atom. The van der Waals surface area contributed by atoms with Gasteiger partial charge in [0.1, 0.15) is 6.26 Å². The van der Waals surface area contributed by atoms with Gasteiger partial charge >= 0.3 is 0 Å². The minimum atomic E-state index is 0. The summed E-state index contributed by atoms with van der Waals surface area (Å²) in [4.78, 5) is 8.79. The highest BCUT2D eigenvalue weighted by Crippen LogP contribution is 2.19. The highest BCUT2D eigenvalue weighted by Gasteiger charge is 2.07. The average Bonchev–Trinajstić information content (AvgIpc) is 3.15. The van der Waals surface area contributed by atoms with Gasteiger partial charge in [-0.25, -0.2) is 4.98 Å². The molecule has 0 amide bonds. The summed E-state index contributed by atoms with van der Waals surface area (Å²) in [6.07, 6.45) is 2.44. The van der Waals surface area contributed by atoms with Gasteiger partial charge in [-0.15, -0.1) is 24.0 Å². The summed E-state index contributed by atoms with van der Waals surface area (Å²) >= 11 is 6.18. The maximum atomic E-state index is 6.18. The molecule has 0 bridgehead atoms. The maximum Gasteiger partial charge on any atom is 0.226 e. The van der Waals surface area contributed by atoms with Crippen molar-refractivity contribution in [1.82, 2.24) is 15.6 Å². The Bertz CT molecular complexity index is 909. The van der Waals surface area contributed by atoms with Crippen LogP contribution in [0.4, 0.5) is 0 Å². The van der Waals surface area contributed by atoms with E-state index in [9.17, 15) is 0 Å². The first-order chi connectivity index (χ1) is 13.2. The van der Waals surface area contributed by atoms with Gasteiger partial charge in [-0.1, -0.05) is 47.5 Å². The Labute approximate surface area is 187 Å². The molecule has 1 aromatic heterocycles. The van der Waals surface area contributed by atoms with Crippen molar-refractivity contribution in [2.24, 2.45) is 4.99 Å². The van der Waals surface area contributed by atoms with Gasteiger partial charge < -0.3 is 15.1 Å². The number of aryl methyl sites for hydroxylation is 1. The average molecular weight is 511 g/mol. The molecule has 3 rings (SSSR count). The fraction of sp³-hybridized carbons (Fsp3) is 0.238. The van der Waals surface area contributed by atoms with E-state index in [1.165, 1.54) is 5.56 Å². The maximum absolute atomic E-state index is 6.18. The Kier molecular flexibility index (Phi) is 8.79. The lowest BCUT2D eigenvalue weighted by atomic mass is 10.1. The predicted molar refractivity (Wildman–Crippen MR) is 125 cm³/mol. The third-order valence-corrected chi connectivity index (χ3v) is 4.52. The number of nitrogens with zero attached hydrogens (tertiary/aromatic N) is 2. The number of hydrogen-bond donors (Lipinski definition) is 2. The van der Waals surface area contributed by atoms with E-state index in [1.54, 1.807) is 13.3 Å². The van der Waals surface area contributed by atoms with E-state index in [-0.39, 0.29) is 24.0 Å². The van der Waals surface area contributed by atoms with Gasteiger partial charge in [-0.05, 0) is 30.7 Å². The van der Waals surface area contributed by atoms with E-state index in [1.807, 2.05) is 36.4 Å². The number of nitrogens with one attached hydrogen (secondary N) is 2. The van der Waals surface area contributed by atoms with Crippen LogP contribution in [0.3, 0.4) is 0 Å². The van der Waals surface area contributed by atoms with Crippen molar-refractivity contribution in [3.63, 3.8) is 0 Å². The van der Waals surface area contributed by atoms with E-state index in [0.29, 0.717) is 19.0 Å². The molecule has 148 valence electrons. The van der Waals surface area contributed by atoms with Crippen molar-refractivity contribution in [2.75, 3.05) is 13.6 Å². The summed E-state index contributed by atoms with van der Waals surface area (Å²) in [5.41, 5.74) is 4.13. The summed E-state index contributed by atoms with van der Waals surface area (Å²) in [6, 6.07) is 15.9. The van der Waals surface area contributed by atoms with Gasteiger partial charge in [0.2, 0.25) is 5.89 Å². The van der Waals surface area contributed by atoms with Crippen LogP contribution in [0, 0.1) is 6.92 Å². The van der Waals surface area contributed by atoms with Crippen LogP contribution in [0.2, 0.25) is 5.02 Å². The minimum absolute atomic E-state index is 0. The van der Waals surface area contributed by atoms with Crippen molar-refractivity contribution >= 4 is 41.5 Å². The Balaban J connectivity index is 0.00000280. The van der Waals surface area contributed by atoms with Gasteiger partial charge in [-0.3, -0.25) is 4.99 Å². The van der Waals surface area contributed by atoms with Crippen LogP contribution in [0.25, 0.3) is 11.5 Å². The molecule has 2 N–H and O–H groups in total. The summed E-state index contributed by atoms with van der Waals surface area (Å²) in [5.74, 6) is 1.36. The summed E-state index contributed by atoms with van der Waals surface area (Å²) in [7, 11) is 1.74. The first-order valence-corrected chi connectivity index (χ1v) is 9.23. The van der Waals surface area contributed by atoms with Crippen LogP contribution in [0.5, 0.6) is 0 Å². The molecule has 0 spiro atoms. The van der Waals surface area contributed by atoms with Gasteiger partial charge in [0.05, 0.1) is 5.69 Å². The van der Waals surface area contributed by atoms with Crippen molar-refractivity contribution in [2.45, 2.75) is 19.9 Å². The second-order valence-corrected chi connectivity index (χ2v) is 6.61. The highest BCUT2D eigenvalue weighted by atomic mass is 127. The van der Waals surface area contributed by atoms with E-state index in [4.69, 9.17) is 16.0 Å². The topological polar surface area (TPSA) is 62.5 Å². The fourth-order valence-corrected chi connectivity index (χ4v) is 2.80. The zero-order chi connectivity index (χ0) is 19.1. The molecule has 0 saturated heterocycles. The second kappa shape index (κ2) is 11.1. The molecule has 28 heavy (non-hydrogen) atoms. The molecular weight excluding hydrogens is 487 g/mol. The number of halogens is 2. The molecule has 0 radical (unpaired) electrons. The molecule has 0 saturated carbocycles. The SMILES string of the molecule is CN=C(NCCc1coc(-c2ccc(C)cc2)n1)NCc1ccccc1Cl.I. The Hall–Kier alpha value is -2.06. The third kappa shape index (κ3) is 6.24. The number of guanidine groups is 1. The zero-order valence-electron chi connectivity index (χ0n) is 15.9. The van der Waals surface area contributed by atoms with Crippen LogP contribution in [-0.2, 0) is 13.0 Å². The monoisotopic (exact) mass is 510 g/mol. The predicted octanol–water partition coefficient (Wildman–Crippen LogP) is 4.83. The summed E-state index contributed by atoms with van der Waals surface area (Å²) in [6.45, 7) is 3.37. The first kappa shape index (κ1) is 22.2. The molecule has 0 atom stereocenters. The lowest BCUT2D eigenvalue weighted by molar-refractivity contribution is 0.572. The van der Waals surface area contributed by atoms with Gasteiger partial charge in [-0.2, -0.15) is 0 Å². The molecule has 7 heteroatoms. The molecule has 5 nitrogen and oxygen atoms in total. The molecule has 3 aromatic rings. The lowest BCUT2D eigenvalue weighted by Crippen LogP contribution is -2.37. The van der Waals surface area contributed by atoms with Crippen molar-refractivity contribution < 1.29 is 4.42 Å². The van der Waals surface area contributed by atoms with E-state index in [0.717, 1.165) is 34.2 Å². The van der Waals surface area contributed by atoms with Crippen LogP contribution >= 0.6 is 35.6 Å². The third-order valence-electron chi connectivity index (χ3n) is 4.15. The van der Waals surface area contributed by atoms with Crippen LogP contribution in [0.15, 0.2) is 64.2 Å². The molecule has 0 fully saturated rings. The van der Waals surface area contributed by atoms with Crippen LogP contribution in [0.1, 0.15) is 16.8 Å². The Morgan fingerprint density at radius 3 is 2.57 bits per heavy atom. The molecule has 2 aromatic carbocycles. The van der Waals surface area contributed by atoms with Crippen LogP contribution < -0.4 is 10.6 Å².